The van der Waals surface area contributed by atoms with E-state index in [4.69, 9.17) is 4.74 Å². The van der Waals surface area contributed by atoms with Gasteiger partial charge >= 0.3 is 0 Å². The molecule has 0 atom stereocenters. The number of carbonyl (C=O) groups excluding carboxylic acids is 1. The average molecular weight is 438 g/mol. The van der Waals surface area contributed by atoms with Crippen LogP contribution >= 0.6 is 0 Å². The fraction of sp³-hybridized carbons (Fsp3) is 0.192. The second kappa shape index (κ2) is 7.86. The molecule has 1 saturated heterocycles. The van der Waals surface area contributed by atoms with Crippen molar-refractivity contribution in [1.82, 2.24) is 23.8 Å². The van der Waals surface area contributed by atoms with E-state index in [9.17, 15) is 4.79 Å². The predicted octanol–water partition coefficient (Wildman–Crippen LogP) is 4.03. The van der Waals surface area contributed by atoms with Crippen LogP contribution in [0.4, 0.5) is 0 Å². The van der Waals surface area contributed by atoms with Crippen molar-refractivity contribution in [3.8, 4) is 22.5 Å². The Morgan fingerprint density at radius 1 is 0.939 bits per heavy atom. The minimum absolute atomic E-state index is 0.0430. The van der Waals surface area contributed by atoms with Gasteiger partial charge in [0, 0.05) is 60.1 Å². The molecule has 33 heavy (non-hydrogen) atoms. The maximum Gasteiger partial charge on any atom is 0.254 e. The fourth-order valence-electron chi connectivity index (χ4n) is 4.43. The van der Waals surface area contributed by atoms with Gasteiger partial charge < -0.3 is 14.2 Å². The molecule has 0 radical (unpaired) electrons. The zero-order valence-corrected chi connectivity index (χ0v) is 18.3. The number of benzene rings is 2. The first-order valence-corrected chi connectivity index (χ1v) is 11.0. The molecular weight excluding hydrogens is 414 g/mol. The summed E-state index contributed by atoms with van der Waals surface area (Å²) < 4.78 is 9.53. The number of carbonyl (C=O) groups is 1. The number of aryl methyl sites for hydroxylation is 1. The minimum Gasteiger partial charge on any atom is -0.378 e. The topological polar surface area (TPSA) is 64.7 Å². The summed E-state index contributed by atoms with van der Waals surface area (Å²) in [6.07, 6.45) is 7.74. The highest BCUT2D eigenvalue weighted by molar-refractivity contribution is 5.94. The lowest BCUT2D eigenvalue weighted by molar-refractivity contribution is 0.0303. The number of hydrogen-bond acceptors (Lipinski definition) is 4. The summed E-state index contributed by atoms with van der Waals surface area (Å²) in [5.74, 6) is 0.0430. The first-order chi connectivity index (χ1) is 16.2. The lowest BCUT2D eigenvalue weighted by atomic mass is 10.1. The van der Waals surface area contributed by atoms with Gasteiger partial charge in [-0.2, -0.15) is 0 Å². The molecule has 1 aliphatic rings. The Morgan fingerprint density at radius 3 is 2.55 bits per heavy atom. The molecule has 0 spiro atoms. The van der Waals surface area contributed by atoms with E-state index in [-0.39, 0.29) is 5.91 Å². The van der Waals surface area contributed by atoms with Gasteiger partial charge in [-0.15, -0.1) is 0 Å². The monoisotopic (exact) mass is 437 g/mol. The van der Waals surface area contributed by atoms with Crippen LogP contribution in [0.3, 0.4) is 0 Å². The van der Waals surface area contributed by atoms with Crippen LogP contribution in [-0.2, 0) is 11.8 Å². The number of fused-ring (bicyclic) bond motifs is 2. The molecule has 4 heterocycles. The van der Waals surface area contributed by atoms with Crippen molar-refractivity contribution in [3.63, 3.8) is 0 Å². The van der Waals surface area contributed by atoms with Gasteiger partial charge in [-0.3, -0.25) is 14.2 Å². The van der Waals surface area contributed by atoms with Gasteiger partial charge in [0.15, 0.2) is 5.65 Å². The van der Waals surface area contributed by atoms with Crippen molar-refractivity contribution in [2.75, 3.05) is 26.3 Å². The third-order valence-electron chi connectivity index (χ3n) is 6.30. The molecule has 0 bridgehead atoms. The number of nitrogens with zero attached hydrogens (tertiary/aromatic N) is 5. The molecule has 6 rings (SSSR count). The Kier molecular flexibility index (Phi) is 4.69. The van der Waals surface area contributed by atoms with Crippen LogP contribution in [0.5, 0.6) is 0 Å². The molecular formula is C26H23N5O2. The third kappa shape index (κ3) is 3.47. The van der Waals surface area contributed by atoms with Gasteiger partial charge in [0.2, 0.25) is 0 Å². The molecule has 5 aromatic rings. The molecule has 0 unspecified atom stereocenters. The number of ether oxygens (including phenoxy) is 1. The van der Waals surface area contributed by atoms with Gasteiger partial charge in [-0.25, -0.2) is 4.98 Å². The molecule has 1 aliphatic heterocycles. The largest absolute Gasteiger partial charge is 0.378 e. The van der Waals surface area contributed by atoms with Crippen LogP contribution in [-0.4, -0.2) is 56.0 Å². The minimum atomic E-state index is 0.0430. The normalized spacial score (nSPS) is 14.3. The van der Waals surface area contributed by atoms with Gasteiger partial charge in [0.1, 0.15) is 0 Å². The first-order valence-electron chi connectivity index (χ1n) is 11.0. The number of imidazole rings is 1. The molecule has 0 saturated carbocycles. The fourth-order valence-corrected chi connectivity index (χ4v) is 4.43. The maximum atomic E-state index is 12.7. The molecule has 164 valence electrons. The molecule has 1 amide bonds. The molecule has 7 heteroatoms. The second-order valence-electron chi connectivity index (χ2n) is 8.33. The van der Waals surface area contributed by atoms with Crippen molar-refractivity contribution in [2.24, 2.45) is 7.05 Å². The third-order valence-corrected chi connectivity index (χ3v) is 6.30. The highest BCUT2D eigenvalue weighted by Crippen LogP contribution is 2.27. The molecule has 0 N–H and O–H groups in total. The van der Waals surface area contributed by atoms with Gasteiger partial charge in [-0.1, -0.05) is 18.2 Å². The smallest absolute Gasteiger partial charge is 0.254 e. The maximum absolute atomic E-state index is 12.7. The predicted molar refractivity (Wildman–Crippen MR) is 127 cm³/mol. The van der Waals surface area contributed by atoms with Crippen LogP contribution in [0, 0.1) is 0 Å². The Hall–Kier alpha value is -3.97. The van der Waals surface area contributed by atoms with Crippen molar-refractivity contribution in [3.05, 3.63) is 78.9 Å². The van der Waals surface area contributed by atoms with E-state index >= 15 is 0 Å². The molecule has 2 aromatic carbocycles. The van der Waals surface area contributed by atoms with E-state index in [1.807, 2.05) is 48.6 Å². The van der Waals surface area contributed by atoms with E-state index in [0.717, 1.165) is 28.2 Å². The molecule has 3 aromatic heterocycles. The highest BCUT2D eigenvalue weighted by Gasteiger charge is 2.18. The summed E-state index contributed by atoms with van der Waals surface area (Å²) in [5, 5.41) is 1.19. The van der Waals surface area contributed by atoms with E-state index in [0.29, 0.717) is 31.9 Å². The highest BCUT2D eigenvalue weighted by atomic mass is 16.5. The summed E-state index contributed by atoms with van der Waals surface area (Å²) >= 11 is 0. The Bertz CT molecular complexity index is 1480. The Balaban J connectivity index is 1.33. The van der Waals surface area contributed by atoms with E-state index in [2.05, 4.69) is 49.4 Å². The van der Waals surface area contributed by atoms with Crippen LogP contribution in [0.2, 0.25) is 0 Å². The summed E-state index contributed by atoms with van der Waals surface area (Å²) in [7, 11) is 2.05. The number of hydrogen-bond donors (Lipinski definition) is 0. The van der Waals surface area contributed by atoms with Crippen molar-refractivity contribution in [2.45, 2.75) is 0 Å². The number of rotatable bonds is 3. The molecule has 0 aliphatic carbocycles. The van der Waals surface area contributed by atoms with E-state index in [1.54, 1.807) is 6.20 Å². The Labute approximate surface area is 190 Å². The van der Waals surface area contributed by atoms with Crippen LogP contribution in [0.15, 0.2) is 73.3 Å². The van der Waals surface area contributed by atoms with E-state index < -0.39 is 0 Å². The number of amides is 1. The van der Waals surface area contributed by atoms with Crippen molar-refractivity contribution < 1.29 is 9.53 Å². The van der Waals surface area contributed by atoms with Crippen LogP contribution < -0.4 is 0 Å². The average Bonchev–Trinajstić information content (AvgIpc) is 3.47. The lowest BCUT2D eigenvalue weighted by Crippen LogP contribution is -2.40. The summed E-state index contributed by atoms with van der Waals surface area (Å²) in [5.41, 5.74) is 6.56. The lowest BCUT2D eigenvalue weighted by Gasteiger charge is -2.26. The number of morpholine rings is 1. The summed E-state index contributed by atoms with van der Waals surface area (Å²) in [6, 6.07) is 16.2. The van der Waals surface area contributed by atoms with Gasteiger partial charge in [-0.05, 0) is 30.3 Å². The van der Waals surface area contributed by atoms with E-state index in [1.165, 1.54) is 10.9 Å². The standard InChI is InChI=1S/C26H23N5O2/c1-29-9-8-21-14-20(6-7-23(21)29)24-15-28-25-16-27-22(17-31(24)25)18-2-4-19(5-3-18)26(32)30-10-12-33-13-11-30/h2-9,14-17H,10-13H2,1H3. The first kappa shape index (κ1) is 19.7. The van der Waals surface area contributed by atoms with Crippen LogP contribution in [0.25, 0.3) is 39.1 Å². The SMILES string of the molecule is Cn1ccc2cc(-c3cnc4cnc(-c5ccc(C(=O)N6CCOCC6)cc5)cn34)ccc21. The number of aromatic nitrogens is 4. The molecule has 7 nitrogen and oxygen atoms in total. The summed E-state index contributed by atoms with van der Waals surface area (Å²) in [4.78, 5) is 23.7. The zero-order chi connectivity index (χ0) is 22.4. The zero-order valence-electron chi connectivity index (χ0n) is 18.3. The quantitative estimate of drug-likeness (QED) is 0.428. The van der Waals surface area contributed by atoms with Gasteiger partial charge in [0.05, 0.1) is 37.0 Å². The van der Waals surface area contributed by atoms with Crippen molar-refractivity contribution >= 4 is 22.5 Å². The second-order valence-corrected chi connectivity index (χ2v) is 8.33. The summed E-state index contributed by atoms with van der Waals surface area (Å²) in [6.45, 7) is 2.46. The van der Waals surface area contributed by atoms with Crippen LogP contribution in [0.1, 0.15) is 10.4 Å². The van der Waals surface area contributed by atoms with Crippen molar-refractivity contribution in [1.29, 1.82) is 0 Å². The van der Waals surface area contributed by atoms with Gasteiger partial charge in [0.25, 0.3) is 5.91 Å². The Morgan fingerprint density at radius 2 is 1.73 bits per heavy atom. The molecule has 1 fully saturated rings.